The number of hydrogen-bond donors (Lipinski definition) is 0. The van der Waals surface area contributed by atoms with Crippen LogP contribution in [0.15, 0.2) is 0 Å². The molecule has 0 aromatic heterocycles. The van der Waals surface area contributed by atoms with Gasteiger partial charge in [-0.1, -0.05) is 52.6 Å². The summed E-state index contributed by atoms with van der Waals surface area (Å²) in [6.45, 7) is 7.43. The molecule has 4 aliphatic carbocycles. The normalized spacial score (nSPS) is 61.3. The third-order valence-corrected chi connectivity index (χ3v) is 7.22. The van der Waals surface area contributed by atoms with Crippen LogP contribution in [0.4, 0.5) is 0 Å². The molecule has 2 heteroatoms. The molecule has 0 aromatic rings. The Bertz CT molecular complexity index is 280. The lowest BCUT2D eigenvalue weighted by molar-refractivity contribution is -0.127. The molecule has 0 aromatic carbocycles. The van der Waals surface area contributed by atoms with Crippen LogP contribution in [0, 0.1) is 16.2 Å². The molecule has 5 atom stereocenters. The molecule has 0 saturated heterocycles. The SMILES string of the molecule is C[C@H](Br)C12CC3(Br)C[C@@](C)(C1)C[C@](C)(C3)C2. The number of alkyl halides is 2. The first-order valence-electron chi connectivity index (χ1n) is 6.52. The topological polar surface area (TPSA) is 0 Å². The van der Waals surface area contributed by atoms with Gasteiger partial charge in [-0.2, -0.15) is 0 Å². The summed E-state index contributed by atoms with van der Waals surface area (Å²) in [7, 11) is 0. The van der Waals surface area contributed by atoms with E-state index < -0.39 is 0 Å². The van der Waals surface area contributed by atoms with E-state index in [0.29, 0.717) is 25.4 Å². The van der Waals surface area contributed by atoms with Gasteiger partial charge in [0, 0.05) is 9.15 Å². The maximum atomic E-state index is 4.11. The highest BCUT2D eigenvalue weighted by Gasteiger charge is 2.65. The lowest BCUT2D eigenvalue weighted by atomic mass is 9.40. The van der Waals surface area contributed by atoms with E-state index in [-0.39, 0.29) is 0 Å². The van der Waals surface area contributed by atoms with Crippen LogP contribution < -0.4 is 0 Å². The van der Waals surface area contributed by atoms with Gasteiger partial charge in [0.1, 0.15) is 0 Å². The Kier molecular flexibility index (Phi) is 2.33. The van der Waals surface area contributed by atoms with Crippen molar-refractivity contribution in [3.05, 3.63) is 0 Å². The lowest BCUT2D eigenvalue weighted by Crippen LogP contribution is -2.62. The summed E-state index contributed by atoms with van der Waals surface area (Å²) in [6.07, 6.45) is 8.52. The Morgan fingerprint density at radius 3 is 1.75 bits per heavy atom. The van der Waals surface area contributed by atoms with Crippen molar-refractivity contribution in [1.82, 2.24) is 0 Å². The van der Waals surface area contributed by atoms with Crippen molar-refractivity contribution in [2.24, 2.45) is 16.2 Å². The van der Waals surface area contributed by atoms with Crippen LogP contribution in [-0.4, -0.2) is 9.15 Å². The summed E-state index contributed by atoms with van der Waals surface area (Å²) in [5.74, 6) is 0. The largest absolute Gasteiger partial charge is 0.0888 e. The summed E-state index contributed by atoms with van der Waals surface area (Å²) in [6, 6.07) is 0. The Balaban J connectivity index is 2.07. The van der Waals surface area contributed by atoms with Gasteiger partial charge in [0.2, 0.25) is 0 Å². The van der Waals surface area contributed by atoms with Gasteiger partial charge >= 0.3 is 0 Å². The van der Waals surface area contributed by atoms with Crippen LogP contribution in [0.3, 0.4) is 0 Å². The van der Waals surface area contributed by atoms with Gasteiger partial charge in [-0.15, -0.1) is 0 Å². The molecule has 0 radical (unpaired) electrons. The minimum Gasteiger partial charge on any atom is -0.0888 e. The second-order valence-corrected chi connectivity index (χ2v) is 10.9. The summed E-state index contributed by atoms with van der Waals surface area (Å²) in [5, 5.41) is 0. The fourth-order valence-corrected chi connectivity index (χ4v) is 8.46. The molecule has 4 bridgehead atoms. The Morgan fingerprint density at radius 2 is 1.38 bits per heavy atom. The highest BCUT2D eigenvalue weighted by Crippen LogP contribution is 2.74. The number of hydrogen-bond acceptors (Lipinski definition) is 0. The van der Waals surface area contributed by atoms with E-state index in [1.807, 2.05) is 0 Å². The van der Waals surface area contributed by atoms with Gasteiger partial charge in [0.15, 0.2) is 0 Å². The molecule has 0 heterocycles. The average molecular weight is 350 g/mol. The van der Waals surface area contributed by atoms with Crippen molar-refractivity contribution in [2.75, 3.05) is 0 Å². The standard InChI is InChI=1S/C14H22Br2/c1-10(15)13-5-11(2)4-12(3,6-13)8-14(16,7-11)9-13/h10H,4-9H2,1-3H3/t10-,11-,12+,13?,14?/m0/s1. The zero-order valence-electron chi connectivity index (χ0n) is 10.6. The van der Waals surface area contributed by atoms with Crippen molar-refractivity contribution in [3.63, 3.8) is 0 Å². The summed E-state index contributed by atoms with van der Waals surface area (Å²) in [5.41, 5.74) is 1.74. The molecular formula is C14H22Br2. The Morgan fingerprint density at radius 1 is 0.875 bits per heavy atom. The third-order valence-electron chi connectivity index (χ3n) is 5.41. The summed E-state index contributed by atoms with van der Waals surface area (Å²) >= 11 is 8.02. The second-order valence-electron chi connectivity index (χ2n) is 7.81. The van der Waals surface area contributed by atoms with E-state index in [4.69, 9.17) is 0 Å². The monoisotopic (exact) mass is 348 g/mol. The van der Waals surface area contributed by atoms with Crippen LogP contribution in [0.25, 0.3) is 0 Å². The molecule has 0 nitrogen and oxygen atoms in total. The molecule has 4 fully saturated rings. The number of rotatable bonds is 1. The smallest absolute Gasteiger partial charge is 0.0274 e. The fourth-order valence-electron chi connectivity index (χ4n) is 6.06. The van der Waals surface area contributed by atoms with Crippen molar-refractivity contribution in [3.8, 4) is 0 Å². The molecule has 4 saturated carbocycles. The molecule has 0 N–H and O–H groups in total. The minimum atomic E-state index is 0.452. The molecule has 0 amide bonds. The molecule has 16 heavy (non-hydrogen) atoms. The van der Waals surface area contributed by atoms with Crippen molar-refractivity contribution in [1.29, 1.82) is 0 Å². The molecule has 0 spiro atoms. The molecule has 92 valence electrons. The first-order chi connectivity index (χ1) is 7.19. The van der Waals surface area contributed by atoms with Gasteiger partial charge in [-0.05, 0) is 54.8 Å². The van der Waals surface area contributed by atoms with Crippen LogP contribution in [-0.2, 0) is 0 Å². The predicted octanol–water partition coefficient (Wildman–Crippen LogP) is 5.28. The lowest BCUT2D eigenvalue weighted by Gasteiger charge is -2.69. The van der Waals surface area contributed by atoms with Crippen molar-refractivity contribution in [2.45, 2.75) is 68.4 Å². The summed E-state index contributed by atoms with van der Waals surface area (Å²) < 4.78 is 0.452. The summed E-state index contributed by atoms with van der Waals surface area (Å²) in [4.78, 5) is 0.663. The van der Waals surface area contributed by atoms with E-state index >= 15 is 0 Å². The minimum absolute atomic E-state index is 0.452. The van der Waals surface area contributed by atoms with Gasteiger partial charge in [-0.25, -0.2) is 0 Å². The molecule has 0 aliphatic heterocycles. The molecule has 4 rings (SSSR count). The second kappa shape index (κ2) is 3.10. The Hall–Kier alpha value is 0.960. The van der Waals surface area contributed by atoms with Crippen molar-refractivity contribution >= 4 is 31.9 Å². The van der Waals surface area contributed by atoms with Crippen LogP contribution in [0.2, 0.25) is 0 Å². The van der Waals surface area contributed by atoms with Crippen LogP contribution in [0.1, 0.15) is 59.3 Å². The van der Waals surface area contributed by atoms with Gasteiger partial charge in [0.25, 0.3) is 0 Å². The zero-order valence-corrected chi connectivity index (χ0v) is 13.7. The molecule has 2 unspecified atom stereocenters. The molecular weight excluding hydrogens is 328 g/mol. The van der Waals surface area contributed by atoms with E-state index in [1.165, 1.54) is 38.5 Å². The van der Waals surface area contributed by atoms with E-state index in [2.05, 4.69) is 52.6 Å². The highest BCUT2D eigenvalue weighted by molar-refractivity contribution is 9.10. The van der Waals surface area contributed by atoms with Gasteiger partial charge in [-0.3, -0.25) is 0 Å². The van der Waals surface area contributed by atoms with E-state index in [9.17, 15) is 0 Å². The molecule has 4 aliphatic rings. The first kappa shape index (κ1) is 12.0. The Labute approximate surface area is 116 Å². The quantitative estimate of drug-likeness (QED) is 0.564. The first-order valence-corrected chi connectivity index (χ1v) is 8.22. The average Bonchev–Trinajstić information content (AvgIpc) is 1.92. The predicted molar refractivity (Wildman–Crippen MR) is 76.4 cm³/mol. The zero-order chi connectivity index (χ0) is 11.8. The van der Waals surface area contributed by atoms with Gasteiger partial charge < -0.3 is 0 Å². The maximum absolute atomic E-state index is 4.11. The van der Waals surface area contributed by atoms with Crippen molar-refractivity contribution < 1.29 is 0 Å². The number of halogens is 2. The fraction of sp³-hybridized carbons (Fsp3) is 1.00. The third kappa shape index (κ3) is 1.58. The maximum Gasteiger partial charge on any atom is 0.0274 e. The van der Waals surface area contributed by atoms with Gasteiger partial charge in [0.05, 0.1) is 0 Å². The van der Waals surface area contributed by atoms with Crippen LogP contribution >= 0.6 is 31.9 Å². The highest BCUT2D eigenvalue weighted by atomic mass is 79.9. The van der Waals surface area contributed by atoms with E-state index in [1.54, 1.807) is 0 Å². The van der Waals surface area contributed by atoms with E-state index in [0.717, 1.165) is 0 Å². The van der Waals surface area contributed by atoms with Crippen LogP contribution in [0.5, 0.6) is 0 Å².